The maximum Gasteiger partial charge on any atom is 0.548 e. The van der Waals surface area contributed by atoms with Crippen molar-refractivity contribution >= 4 is 31.1 Å². The molecule has 1 aliphatic heterocycles. The van der Waals surface area contributed by atoms with Gasteiger partial charge in [0.15, 0.2) is 11.6 Å². The standard InChI is InChI=1S/C25H24NO6PS/c1-3-29-23(27)22-25(2,19-13-7-4-8-14-19)30-24(34)26(22)33(28,31-20-15-9-5-10-16-20)32-21-17-11-6-12-18-21/h4-18,22H,3H2,1-2H3. The lowest BCUT2D eigenvalue weighted by atomic mass is 9.89. The lowest BCUT2D eigenvalue weighted by Crippen LogP contribution is -2.48. The van der Waals surface area contributed by atoms with E-state index in [2.05, 4.69) is 0 Å². The Morgan fingerprint density at radius 2 is 1.41 bits per heavy atom. The minimum absolute atomic E-state index is 0.115. The Morgan fingerprint density at radius 3 is 1.88 bits per heavy atom. The van der Waals surface area contributed by atoms with Gasteiger partial charge in [-0.05, 0) is 55.9 Å². The van der Waals surface area contributed by atoms with E-state index in [1.807, 2.05) is 18.2 Å². The minimum atomic E-state index is -4.33. The molecule has 0 N–H and O–H groups in total. The zero-order valence-electron chi connectivity index (χ0n) is 18.7. The summed E-state index contributed by atoms with van der Waals surface area (Å²) in [5.74, 6) is -0.108. The molecule has 0 saturated carbocycles. The first kappa shape index (κ1) is 23.8. The van der Waals surface area contributed by atoms with E-state index in [1.165, 1.54) is 0 Å². The van der Waals surface area contributed by atoms with Crippen molar-refractivity contribution in [1.82, 2.24) is 4.67 Å². The molecule has 0 bridgehead atoms. The van der Waals surface area contributed by atoms with Crippen LogP contribution in [-0.4, -0.2) is 28.5 Å². The van der Waals surface area contributed by atoms with Gasteiger partial charge in [-0.25, -0.2) is 14.0 Å². The molecule has 0 radical (unpaired) electrons. The van der Waals surface area contributed by atoms with Crippen LogP contribution in [0.3, 0.4) is 0 Å². The van der Waals surface area contributed by atoms with E-state index in [9.17, 15) is 9.36 Å². The number of carbonyl (C=O) groups excluding carboxylic acids is 1. The van der Waals surface area contributed by atoms with Crippen molar-refractivity contribution in [2.75, 3.05) is 6.61 Å². The van der Waals surface area contributed by atoms with E-state index >= 15 is 0 Å². The van der Waals surface area contributed by atoms with Crippen LogP contribution in [0.2, 0.25) is 0 Å². The van der Waals surface area contributed by atoms with Gasteiger partial charge in [0, 0.05) is 0 Å². The number of para-hydroxylation sites is 2. The predicted octanol–water partition coefficient (Wildman–Crippen LogP) is 5.72. The summed E-state index contributed by atoms with van der Waals surface area (Å²) in [6, 6.07) is 24.9. The summed E-state index contributed by atoms with van der Waals surface area (Å²) in [6.07, 6.45) is 0. The third-order valence-electron chi connectivity index (χ3n) is 5.30. The number of benzene rings is 3. The summed E-state index contributed by atoms with van der Waals surface area (Å²) >= 11 is 5.51. The molecule has 0 amide bonds. The van der Waals surface area contributed by atoms with E-state index < -0.39 is 25.4 Å². The molecule has 2 atom stereocenters. The van der Waals surface area contributed by atoms with Gasteiger partial charge in [0.25, 0.3) is 5.17 Å². The second-order valence-corrected chi connectivity index (χ2v) is 9.70. The molecule has 34 heavy (non-hydrogen) atoms. The van der Waals surface area contributed by atoms with Gasteiger partial charge in [-0.2, -0.15) is 0 Å². The second-order valence-electron chi connectivity index (χ2n) is 7.62. The first-order valence-electron chi connectivity index (χ1n) is 10.7. The fourth-order valence-electron chi connectivity index (χ4n) is 3.73. The van der Waals surface area contributed by atoms with Gasteiger partial charge in [0.1, 0.15) is 11.5 Å². The van der Waals surface area contributed by atoms with Gasteiger partial charge in [0.05, 0.1) is 6.61 Å². The molecule has 0 spiro atoms. The number of esters is 1. The van der Waals surface area contributed by atoms with Crippen molar-refractivity contribution in [3.8, 4) is 11.5 Å². The van der Waals surface area contributed by atoms with E-state index in [-0.39, 0.29) is 23.3 Å². The predicted molar refractivity (Wildman–Crippen MR) is 131 cm³/mol. The summed E-state index contributed by atoms with van der Waals surface area (Å²) in [5, 5.41) is -0.195. The molecule has 0 aromatic heterocycles. The quantitative estimate of drug-likeness (QED) is 0.222. The molecule has 1 saturated heterocycles. The number of nitrogens with zero attached hydrogens (tertiary/aromatic N) is 1. The SMILES string of the molecule is CCOC(=O)C1N(P(=O)(Oc2ccccc2)Oc2ccccc2)C(=S)OC1(C)c1ccccc1. The molecule has 4 rings (SSSR count). The molecule has 7 nitrogen and oxygen atoms in total. The van der Waals surface area contributed by atoms with Crippen LogP contribution < -0.4 is 9.05 Å². The Hall–Kier alpha value is -3.35. The molecule has 3 aromatic rings. The van der Waals surface area contributed by atoms with Gasteiger partial charge in [-0.3, -0.25) is 0 Å². The van der Waals surface area contributed by atoms with Crippen LogP contribution in [0.15, 0.2) is 91.0 Å². The van der Waals surface area contributed by atoms with Crippen LogP contribution in [0.1, 0.15) is 19.4 Å². The van der Waals surface area contributed by atoms with Crippen molar-refractivity contribution in [3.05, 3.63) is 96.6 Å². The molecule has 9 heteroatoms. The topological polar surface area (TPSA) is 74.3 Å². The number of rotatable bonds is 8. The highest BCUT2D eigenvalue weighted by Gasteiger charge is 2.62. The molecular formula is C25H24NO6PS. The van der Waals surface area contributed by atoms with Crippen LogP contribution in [0.25, 0.3) is 0 Å². The Kier molecular flexibility index (Phi) is 6.91. The number of ether oxygens (including phenoxy) is 2. The fraction of sp³-hybridized carbons (Fsp3) is 0.200. The number of hydrogen-bond donors (Lipinski definition) is 0. The average Bonchev–Trinajstić information content (AvgIpc) is 3.13. The van der Waals surface area contributed by atoms with E-state index in [0.29, 0.717) is 5.56 Å². The lowest BCUT2D eigenvalue weighted by Gasteiger charge is -2.33. The Labute approximate surface area is 203 Å². The number of thiocarbonyl (C=S) groups is 1. The molecule has 0 aliphatic carbocycles. The first-order chi connectivity index (χ1) is 16.4. The zero-order chi connectivity index (χ0) is 24.2. The van der Waals surface area contributed by atoms with Crippen molar-refractivity contribution in [2.45, 2.75) is 25.5 Å². The van der Waals surface area contributed by atoms with Crippen LogP contribution in [0, 0.1) is 0 Å². The highest BCUT2D eigenvalue weighted by molar-refractivity contribution is 7.80. The van der Waals surface area contributed by atoms with Crippen molar-refractivity contribution in [2.24, 2.45) is 0 Å². The largest absolute Gasteiger partial charge is 0.548 e. The summed E-state index contributed by atoms with van der Waals surface area (Å²) in [5.41, 5.74) is -0.649. The summed E-state index contributed by atoms with van der Waals surface area (Å²) in [7, 11) is -4.33. The Balaban J connectivity index is 1.84. The van der Waals surface area contributed by atoms with Crippen LogP contribution in [0.4, 0.5) is 0 Å². The van der Waals surface area contributed by atoms with Gasteiger partial charge in [0.2, 0.25) is 0 Å². The normalized spacial score (nSPS) is 19.9. The third-order valence-corrected chi connectivity index (χ3v) is 7.54. The summed E-state index contributed by atoms with van der Waals surface area (Å²) in [4.78, 5) is 13.3. The summed E-state index contributed by atoms with van der Waals surface area (Å²) < 4.78 is 38.9. The van der Waals surface area contributed by atoms with E-state index in [1.54, 1.807) is 86.6 Å². The lowest BCUT2D eigenvalue weighted by molar-refractivity contribution is -0.151. The summed E-state index contributed by atoms with van der Waals surface area (Å²) in [6.45, 7) is 3.51. The maximum absolute atomic E-state index is 14.5. The van der Waals surface area contributed by atoms with Gasteiger partial charge < -0.3 is 18.5 Å². The fourth-order valence-corrected chi connectivity index (χ4v) is 6.14. The molecule has 1 fully saturated rings. The molecular weight excluding hydrogens is 473 g/mol. The highest BCUT2D eigenvalue weighted by atomic mass is 32.1. The minimum Gasteiger partial charge on any atom is -0.464 e. The first-order valence-corrected chi connectivity index (χ1v) is 12.6. The van der Waals surface area contributed by atoms with Crippen molar-refractivity contribution in [1.29, 1.82) is 0 Å². The molecule has 3 aromatic carbocycles. The van der Waals surface area contributed by atoms with Gasteiger partial charge >= 0.3 is 13.7 Å². The molecule has 176 valence electrons. The smallest absolute Gasteiger partial charge is 0.464 e. The highest BCUT2D eigenvalue weighted by Crippen LogP contribution is 2.58. The monoisotopic (exact) mass is 497 g/mol. The number of hydrogen-bond acceptors (Lipinski definition) is 7. The third kappa shape index (κ3) is 4.65. The second kappa shape index (κ2) is 9.87. The molecule has 2 unspecified atom stereocenters. The number of carbonyl (C=O) groups is 1. The Bertz CT molecular complexity index is 1150. The van der Waals surface area contributed by atoms with Crippen LogP contribution in [0.5, 0.6) is 11.5 Å². The van der Waals surface area contributed by atoms with Crippen molar-refractivity contribution < 1.29 is 27.9 Å². The molecule has 1 heterocycles. The van der Waals surface area contributed by atoms with Crippen molar-refractivity contribution in [3.63, 3.8) is 0 Å². The zero-order valence-corrected chi connectivity index (χ0v) is 20.4. The molecule has 1 aliphatic rings. The van der Waals surface area contributed by atoms with Crippen LogP contribution >= 0.6 is 20.0 Å². The van der Waals surface area contributed by atoms with Gasteiger partial charge in [-0.15, -0.1) is 0 Å². The Morgan fingerprint density at radius 1 is 0.941 bits per heavy atom. The van der Waals surface area contributed by atoms with E-state index in [4.69, 9.17) is 30.7 Å². The maximum atomic E-state index is 14.5. The average molecular weight is 498 g/mol. The van der Waals surface area contributed by atoms with Gasteiger partial charge in [-0.1, -0.05) is 66.7 Å². The van der Waals surface area contributed by atoms with E-state index in [0.717, 1.165) is 4.67 Å². The van der Waals surface area contributed by atoms with Crippen LogP contribution in [-0.2, 0) is 24.4 Å².